The van der Waals surface area contributed by atoms with Gasteiger partial charge in [0.05, 0.1) is 11.3 Å². The van der Waals surface area contributed by atoms with Crippen LogP contribution in [-0.2, 0) is 4.79 Å². The monoisotopic (exact) mass is 408 g/mol. The number of anilines is 1. The molecule has 144 valence electrons. The van der Waals surface area contributed by atoms with E-state index in [0.717, 1.165) is 4.90 Å². The molecule has 0 spiro atoms. The molecule has 8 heteroatoms. The molecule has 0 atom stereocenters. The van der Waals surface area contributed by atoms with E-state index in [2.05, 4.69) is 5.32 Å². The quantitative estimate of drug-likeness (QED) is 0.492. The Morgan fingerprint density at radius 2 is 1.69 bits per heavy atom. The maximum Gasteiger partial charge on any atom is 0.335 e. The third-order valence-electron chi connectivity index (χ3n) is 4.29. The van der Waals surface area contributed by atoms with E-state index in [0.29, 0.717) is 27.8 Å². The van der Waals surface area contributed by atoms with E-state index in [-0.39, 0.29) is 11.3 Å². The molecule has 2 N–H and O–H groups in total. The number of nitrogens with zero attached hydrogens (tertiary/aromatic N) is 1. The maximum atomic E-state index is 12.6. The average Bonchev–Trinajstić information content (AvgIpc) is 3.28. The van der Waals surface area contributed by atoms with Crippen LogP contribution >= 0.6 is 11.6 Å². The molecule has 7 nitrogen and oxygen atoms in total. The number of carbonyl (C=O) groups excluding carboxylic acids is 2. The molecular weight excluding hydrogens is 396 g/mol. The molecule has 1 fully saturated rings. The topological polar surface area (TPSA) is 99.9 Å². The van der Waals surface area contributed by atoms with Crippen LogP contribution < -0.4 is 10.2 Å². The van der Waals surface area contributed by atoms with Crippen LogP contribution in [0, 0.1) is 0 Å². The Balaban J connectivity index is 1.57. The number of carboxylic acids is 1. The number of amides is 3. The summed E-state index contributed by atoms with van der Waals surface area (Å²) in [6.45, 7) is 0. The molecular formula is C21H13ClN2O5. The second kappa shape index (κ2) is 7.29. The molecule has 1 aliphatic heterocycles. The molecule has 3 aromatic rings. The Hall–Kier alpha value is -3.84. The second-order valence-corrected chi connectivity index (χ2v) is 6.63. The Morgan fingerprint density at radius 1 is 1.00 bits per heavy atom. The summed E-state index contributed by atoms with van der Waals surface area (Å²) < 4.78 is 5.71. The number of aromatic carboxylic acids is 1. The summed E-state index contributed by atoms with van der Waals surface area (Å²) in [6, 6.07) is 15.3. The molecule has 29 heavy (non-hydrogen) atoms. The van der Waals surface area contributed by atoms with Gasteiger partial charge in [-0.1, -0.05) is 23.7 Å². The lowest BCUT2D eigenvalue weighted by Gasteiger charge is -2.11. The first-order valence-corrected chi connectivity index (χ1v) is 8.86. The van der Waals surface area contributed by atoms with Crippen LogP contribution in [0.25, 0.3) is 17.4 Å². The van der Waals surface area contributed by atoms with E-state index in [1.54, 1.807) is 48.5 Å². The predicted octanol–water partition coefficient (Wildman–Crippen LogP) is 4.40. The molecule has 1 aromatic heterocycles. The van der Waals surface area contributed by atoms with E-state index in [1.165, 1.54) is 18.2 Å². The van der Waals surface area contributed by atoms with Crippen LogP contribution in [0.15, 0.2) is 70.8 Å². The fourth-order valence-corrected chi connectivity index (χ4v) is 2.99. The standard InChI is InChI=1S/C21H13ClN2O5/c22-14-5-7-15(8-6-14)24-19(25)17(23-21(24)28)11-16-9-10-18(29-16)12-1-3-13(4-2-12)20(26)27/h1-11H,(H,23,28)(H,26,27)/b17-11+. The van der Waals surface area contributed by atoms with Crippen molar-refractivity contribution in [3.8, 4) is 11.3 Å². The van der Waals surface area contributed by atoms with Gasteiger partial charge in [0, 0.05) is 16.7 Å². The summed E-state index contributed by atoms with van der Waals surface area (Å²) in [5.74, 6) is -0.660. The number of imide groups is 1. The molecule has 4 rings (SSSR count). The maximum absolute atomic E-state index is 12.6. The lowest BCUT2D eigenvalue weighted by atomic mass is 10.1. The molecule has 1 aliphatic rings. The van der Waals surface area contributed by atoms with Gasteiger partial charge in [0.25, 0.3) is 5.91 Å². The lowest BCUT2D eigenvalue weighted by Crippen LogP contribution is -2.30. The molecule has 0 unspecified atom stereocenters. The summed E-state index contributed by atoms with van der Waals surface area (Å²) >= 11 is 5.85. The van der Waals surface area contributed by atoms with Gasteiger partial charge in [-0.15, -0.1) is 0 Å². The molecule has 0 aliphatic carbocycles. The minimum Gasteiger partial charge on any atom is -0.478 e. The Kier molecular flexibility index (Phi) is 4.66. The predicted molar refractivity (Wildman–Crippen MR) is 107 cm³/mol. The Bertz CT molecular complexity index is 1150. The van der Waals surface area contributed by atoms with Crippen molar-refractivity contribution in [2.45, 2.75) is 0 Å². The fourth-order valence-electron chi connectivity index (χ4n) is 2.86. The van der Waals surface area contributed by atoms with Gasteiger partial charge >= 0.3 is 12.0 Å². The first-order valence-electron chi connectivity index (χ1n) is 8.48. The van der Waals surface area contributed by atoms with E-state index in [9.17, 15) is 14.4 Å². The van der Waals surface area contributed by atoms with Gasteiger partial charge in [-0.3, -0.25) is 4.79 Å². The summed E-state index contributed by atoms with van der Waals surface area (Å²) in [6.07, 6.45) is 1.44. The second-order valence-electron chi connectivity index (χ2n) is 6.19. The van der Waals surface area contributed by atoms with E-state index < -0.39 is 17.9 Å². The third kappa shape index (κ3) is 3.63. The van der Waals surface area contributed by atoms with Crippen LogP contribution in [0.4, 0.5) is 10.5 Å². The molecule has 2 aromatic carbocycles. The fraction of sp³-hybridized carbons (Fsp3) is 0. The van der Waals surface area contributed by atoms with E-state index >= 15 is 0 Å². The molecule has 0 saturated carbocycles. The molecule has 0 bridgehead atoms. The van der Waals surface area contributed by atoms with Gasteiger partial charge in [-0.05, 0) is 48.5 Å². The number of urea groups is 1. The van der Waals surface area contributed by atoms with Crippen molar-refractivity contribution in [3.63, 3.8) is 0 Å². The first kappa shape index (κ1) is 18.5. The van der Waals surface area contributed by atoms with Crippen molar-refractivity contribution in [1.82, 2.24) is 5.32 Å². The highest BCUT2D eigenvalue weighted by molar-refractivity contribution is 6.31. The van der Waals surface area contributed by atoms with Crippen LogP contribution in [0.5, 0.6) is 0 Å². The van der Waals surface area contributed by atoms with Crippen molar-refractivity contribution in [2.75, 3.05) is 4.90 Å². The number of halogens is 1. The van der Waals surface area contributed by atoms with Gasteiger partial charge in [0.2, 0.25) is 0 Å². The zero-order valence-electron chi connectivity index (χ0n) is 14.8. The molecule has 3 amide bonds. The highest BCUT2D eigenvalue weighted by Gasteiger charge is 2.35. The van der Waals surface area contributed by atoms with Crippen molar-refractivity contribution in [2.24, 2.45) is 0 Å². The summed E-state index contributed by atoms with van der Waals surface area (Å²) in [5.41, 5.74) is 1.33. The summed E-state index contributed by atoms with van der Waals surface area (Å²) in [5, 5.41) is 12.0. The van der Waals surface area contributed by atoms with Gasteiger partial charge in [-0.25, -0.2) is 14.5 Å². The largest absolute Gasteiger partial charge is 0.478 e. The van der Waals surface area contributed by atoms with E-state index in [4.69, 9.17) is 21.1 Å². The number of benzene rings is 2. The zero-order chi connectivity index (χ0) is 20.5. The minimum absolute atomic E-state index is 0.0760. The van der Waals surface area contributed by atoms with Crippen LogP contribution in [-0.4, -0.2) is 23.0 Å². The number of hydrogen-bond donors (Lipinski definition) is 2. The van der Waals surface area contributed by atoms with Crippen LogP contribution in [0.2, 0.25) is 5.02 Å². The molecule has 1 saturated heterocycles. The minimum atomic E-state index is -1.01. The van der Waals surface area contributed by atoms with Crippen LogP contribution in [0.3, 0.4) is 0 Å². The Morgan fingerprint density at radius 3 is 2.34 bits per heavy atom. The number of nitrogens with one attached hydrogen (secondary N) is 1. The molecule has 0 radical (unpaired) electrons. The van der Waals surface area contributed by atoms with Gasteiger partial charge < -0.3 is 14.8 Å². The number of carbonyl (C=O) groups is 3. The van der Waals surface area contributed by atoms with Crippen molar-refractivity contribution in [3.05, 3.63) is 82.7 Å². The first-order chi connectivity index (χ1) is 13.9. The van der Waals surface area contributed by atoms with Crippen LogP contribution in [0.1, 0.15) is 16.1 Å². The van der Waals surface area contributed by atoms with Gasteiger partial charge in [-0.2, -0.15) is 0 Å². The average molecular weight is 409 g/mol. The van der Waals surface area contributed by atoms with Gasteiger partial charge in [0.1, 0.15) is 17.2 Å². The number of carboxylic acid groups (broad SMARTS) is 1. The third-order valence-corrected chi connectivity index (χ3v) is 4.54. The number of furan rings is 1. The number of rotatable bonds is 4. The lowest BCUT2D eigenvalue weighted by molar-refractivity contribution is -0.113. The van der Waals surface area contributed by atoms with E-state index in [1.807, 2.05) is 0 Å². The smallest absolute Gasteiger partial charge is 0.335 e. The van der Waals surface area contributed by atoms with Gasteiger partial charge in [0.15, 0.2) is 0 Å². The number of hydrogen-bond acceptors (Lipinski definition) is 4. The van der Waals surface area contributed by atoms with Crippen molar-refractivity contribution in [1.29, 1.82) is 0 Å². The van der Waals surface area contributed by atoms with Crippen molar-refractivity contribution >= 4 is 41.3 Å². The summed E-state index contributed by atoms with van der Waals surface area (Å²) in [4.78, 5) is 36.8. The molecule has 2 heterocycles. The highest BCUT2D eigenvalue weighted by atomic mass is 35.5. The summed E-state index contributed by atoms with van der Waals surface area (Å²) in [7, 11) is 0. The Labute approximate surface area is 169 Å². The SMILES string of the molecule is O=C(O)c1ccc(-c2ccc(/C=C3/NC(=O)N(c4ccc(Cl)cc4)C3=O)o2)cc1. The zero-order valence-corrected chi connectivity index (χ0v) is 15.5. The normalized spacial score (nSPS) is 15.1. The highest BCUT2D eigenvalue weighted by Crippen LogP contribution is 2.26. The van der Waals surface area contributed by atoms with Crippen molar-refractivity contribution < 1.29 is 23.9 Å².